The Kier molecular flexibility index (Phi) is 4.22. The molecule has 0 amide bonds. The molecule has 0 radical (unpaired) electrons. The average molecular weight is 409 g/mol. The Balaban J connectivity index is 1.79. The van der Waals surface area contributed by atoms with Crippen LogP contribution in [0.5, 0.6) is 0 Å². The maximum atomic E-state index is 11.8. The van der Waals surface area contributed by atoms with Gasteiger partial charge in [-0.25, -0.2) is 9.59 Å². The summed E-state index contributed by atoms with van der Waals surface area (Å²) in [4.78, 5) is 32.3. The van der Waals surface area contributed by atoms with E-state index < -0.39 is 11.9 Å². The van der Waals surface area contributed by atoms with Crippen molar-refractivity contribution in [2.45, 2.75) is 0 Å². The number of hydrogen-bond donors (Lipinski definition) is 3. The highest BCUT2D eigenvalue weighted by Crippen LogP contribution is 2.34. The number of carboxylic acid groups (broad SMARTS) is 2. The van der Waals surface area contributed by atoms with E-state index in [4.69, 9.17) is 0 Å². The third kappa shape index (κ3) is 3.18. The summed E-state index contributed by atoms with van der Waals surface area (Å²) in [7, 11) is 0. The molecule has 5 aromatic rings. The molecule has 5 rings (SSSR count). The lowest BCUT2D eigenvalue weighted by molar-refractivity contribution is 0.0686. The molecule has 150 valence electrons. The van der Waals surface area contributed by atoms with Gasteiger partial charge < -0.3 is 15.5 Å². The fourth-order valence-corrected chi connectivity index (χ4v) is 3.74. The molecule has 2 heterocycles. The molecule has 0 aliphatic rings. The van der Waals surface area contributed by atoms with Gasteiger partial charge in [0.05, 0.1) is 33.5 Å². The SMILES string of the molecule is O=C(O)c1cc(Nc2cc(C(=O)O)cc3c2ncc2ccccc23)c2ncccc2c1. The van der Waals surface area contributed by atoms with Crippen molar-refractivity contribution >= 4 is 55.9 Å². The monoisotopic (exact) mass is 409 g/mol. The summed E-state index contributed by atoms with van der Waals surface area (Å²) in [6.45, 7) is 0. The van der Waals surface area contributed by atoms with Crippen molar-refractivity contribution in [3.05, 3.63) is 84.2 Å². The second-order valence-electron chi connectivity index (χ2n) is 7.10. The summed E-state index contributed by atoms with van der Waals surface area (Å²) >= 11 is 0. The van der Waals surface area contributed by atoms with Gasteiger partial charge in [0.2, 0.25) is 0 Å². The third-order valence-electron chi connectivity index (χ3n) is 5.16. The van der Waals surface area contributed by atoms with Gasteiger partial charge in [0.25, 0.3) is 0 Å². The molecule has 0 aliphatic heterocycles. The van der Waals surface area contributed by atoms with Gasteiger partial charge in [0.15, 0.2) is 0 Å². The van der Waals surface area contributed by atoms with Gasteiger partial charge in [0, 0.05) is 28.6 Å². The number of benzene rings is 3. The molecule has 0 saturated heterocycles. The van der Waals surface area contributed by atoms with E-state index in [1.54, 1.807) is 36.7 Å². The van der Waals surface area contributed by atoms with E-state index in [1.807, 2.05) is 24.3 Å². The van der Waals surface area contributed by atoms with Gasteiger partial charge in [-0.2, -0.15) is 0 Å². The Morgan fingerprint density at radius 1 is 0.710 bits per heavy atom. The molecule has 3 N–H and O–H groups in total. The summed E-state index contributed by atoms with van der Waals surface area (Å²) in [5.41, 5.74) is 2.25. The minimum Gasteiger partial charge on any atom is -0.478 e. The first-order valence-electron chi connectivity index (χ1n) is 9.45. The highest BCUT2D eigenvalue weighted by atomic mass is 16.4. The quantitative estimate of drug-likeness (QED) is 0.355. The van der Waals surface area contributed by atoms with Crippen LogP contribution in [0.15, 0.2) is 73.1 Å². The highest BCUT2D eigenvalue weighted by molar-refractivity contribution is 6.12. The van der Waals surface area contributed by atoms with Crippen LogP contribution in [-0.4, -0.2) is 32.1 Å². The van der Waals surface area contributed by atoms with Crippen LogP contribution < -0.4 is 5.32 Å². The van der Waals surface area contributed by atoms with E-state index in [-0.39, 0.29) is 11.1 Å². The summed E-state index contributed by atoms with van der Waals surface area (Å²) < 4.78 is 0. The Labute approximate surface area is 175 Å². The van der Waals surface area contributed by atoms with E-state index in [1.165, 1.54) is 12.1 Å². The topological polar surface area (TPSA) is 112 Å². The second kappa shape index (κ2) is 7.07. The first-order chi connectivity index (χ1) is 15.0. The van der Waals surface area contributed by atoms with E-state index >= 15 is 0 Å². The Morgan fingerprint density at radius 2 is 1.39 bits per heavy atom. The van der Waals surface area contributed by atoms with Crippen LogP contribution in [-0.2, 0) is 0 Å². The van der Waals surface area contributed by atoms with Crippen LogP contribution in [0.4, 0.5) is 11.4 Å². The van der Waals surface area contributed by atoms with Crippen molar-refractivity contribution in [2.24, 2.45) is 0 Å². The fourth-order valence-electron chi connectivity index (χ4n) is 3.74. The lowest BCUT2D eigenvalue weighted by Crippen LogP contribution is -2.03. The van der Waals surface area contributed by atoms with Gasteiger partial charge in [-0.15, -0.1) is 0 Å². The molecule has 0 unspecified atom stereocenters. The smallest absolute Gasteiger partial charge is 0.335 e. The van der Waals surface area contributed by atoms with Gasteiger partial charge in [0.1, 0.15) is 0 Å². The Hall–Kier alpha value is -4.52. The zero-order chi connectivity index (χ0) is 21.5. The lowest BCUT2D eigenvalue weighted by Gasteiger charge is -2.14. The van der Waals surface area contributed by atoms with Gasteiger partial charge in [-0.1, -0.05) is 30.3 Å². The molecule has 0 bridgehead atoms. The number of nitrogens with zero attached hydrogens (tertiary/aromatic N) is 2. The fraction of sp³-hybridized carbons (Fsp3) is 0. The minimum absolute atomic E-state index is 0.0970. The zero-order valence-electron chi connectivity index (χ0n) is 16.0. The molecule has 0 atom stereocenters. The van der Waals surface area contributed by atoms with Crippen molar-refractivity contribution < 1.29 is 19.8 Å². The molecule has 0 fully saturated rings. The van der Waals surface area contributed by atoms with Crippen LogP contribution in [0.3, 0.4) is 0 Å². The van der Waals surface area contributed by atoms with Crippen LogP contribution in [0.25, 0.3) is 32.6 Å². The van der Waals surface area contributed by atoms with Crippen LogP contribution in [0.1, 0.15) is 20.7 Å². The number of anilines is 2. The van der Waals surface area contributed by atoms with Crippen LogP contribution >= 0.6 is 0 Å². The number of aromatic carboxylic acids is 2. The highest BCUT2D eigenvalue weighted by Gasteiger charge is 2.15. The maximum absolute atomic E-state index is 11.8. The summed E-state index contributed by atoms with van der Waals surface area (Å²) in [6.07, 6.45) is 3.35. The zero-order valence-corrected chi connectivity index (χ0v) is 16.0. The predicted octanol–water partition coefficient (Wildman–Crippen LogP) is 5.08. The molecular formula is C24H15N3O4. The summed E-state index contributed by atoms with van der Waals surface area (Å²) in [5, 5.41) is 25.5. The van der Waals surface area contributed by atoms with Gasteiger partial charge in [-0.05, 0) is 35.7 Å². The van der Waals surface area contributed by atoms with Crippen LogP contribution in [0.2, 0.25) is 0 Å². The van der Waals surface area contributed by atoms with E-state index in [0.717, 1.165) is 10.8 Å². The number of hydrogen-bond acceptors (Lipinski definition) is 5. The summed E-state index contributed by atoms with van der Waals surface area (Å²) in [6, 6.07) is 17.2. The molecule has 7 heteroatoms. The molecule has 2 aromatic heterocycles. The first kappa shape index (κ1) is 18.5. The number of aromatic nitrogens is 2. The maximum Gasteiger partial charge on any atom is 0.335 e. The van der Waals surface area contributed by atoms with Crippen molar-refractivity contribution in [2.75, 3.05) is 5.32 Å². The van der Waals surface area contributed by atoms with E-state index in [0.29, 0.717) is 33.2 Å². The molecule has 0 aliphatic carbocycles. The second-order valence-corrected chi connectivity index (χ2v) is 7.10. The normalized spacial score (nSPS) is 11.1. The van der Waals surface area contributed by atoms with Crippen molar-refractivity contribution in [1.82, 2.24) is 9.97 Å². The van der Waals surface area contributed by atoms with Crippen molar-refractivity contribution in [3.63, 3.8) is 0 Å². The average Bonchev–Trinajstić information content (AvgIpc) is 2.78. The van der Waals surface area contributed by atoms with E-state index in [9.17, 15) is 19.8 Å². The number of carbonyl (C=O) groups is 2. The molecule has 31 heavy (non-hydrogen) atoms. The number of carboxylic acids is 2. The summed E-state index contributed by atoms with van der Waals surface area (Å²) in [5.74, 6) is -2.14. The number of rotatable bonds is 4. The van der Waals surface area contributed by atoms with Gasteiger partial charge in [-0.3, -0.25) is 9.97 Å². The number of fused-ring (bicyclic) bond motifs is 4. The van der Waals surface area contributed by atoms with Crippen LogP contribution in [0, 0.1) is 0 Å². The van der Waals surface area contributed by atoms with Crippen molar-refractivity contribution in [1.29, 1.82) is 0 Å². The molecule has 0 saturated carbocycles. The number of pyridine rings is 2. The first-order valence-corrected chi connectivity index (χ1v) is 9.45. The van der Waals surface area contributed by atoms with E-state index in [2.05, 4.69) is 15.3 Å². The molecule has 0 spiro atoms. The molecule has 3 aromatic carbocycles. The Morgan fingerprint density at radius 3 is 2.16 bits per heavy atom. The standard InChI is InChI=1S/C24H15N3O4/c28-23(29)15-8-13-5-3-7-25-21(13)19(10-15)27-20-11-16(24(30)31)9-18-17-6-2-1-4-14(17)12-26-22(18)20/h1-12,27H,(H,28,29)(H,30,31). The molecule has 7 nitrogen and oxygen atoms in total. The Bertz CT molecular complexity index is 1530. The van der Waals surface area contributed by atoms with Crippen molar-refractivity contribution in [3.8, 4) is 0 Å². The largest absolute Gasteiger partial charge is 0.478 e. The minimum atomic E-state index is -1.07. The lowest BCUT2D eigenvalue weighted by atomic mass is 10.0. The third-order valence-corrected chi connectivity index (χ3v) is 5.16. The predicted molar refractivity (Wildman–Crippen MR) is 118 cm³/mol. The number of nitrogens with one attached hydrogen (secondary N) is 1. The van der Waals surface area contributed by atoms with Gasteiger partial charge >= 0.3 is 11.9 Å². The molecular weight excluding hydrogens is 394 g/mol.